The summed E-state index contributed by atoms with van der Waals surface area (Å²) >= 11 is 0. The van der Waals surface area contributed by atoms with Gasteiger partial charge in [-0.15, -0.1) is 0 Å². The van der Waals surface area contributed by atoms with Crippen LogP contribution in [0.3, 0.4) is 0 Å². The van der Waals surface area contributed by atoms with Crippen molar-refractivity contribution < 1.29 is 4.39 Å². The van der Waals surface area contributed by atoms with Gasteiger partial charge >= 0.3 is 0 Å². The van der Waals surface area contributed by atoms with E-state index < -0.39 is 0 Å². The van der Waals surface area contributed by atoms with Crippen molar-refractivity contribution >= 4 is 5.82 Å². The zero-order chi connectivity index (χ0) is 17.3. The molecule has 0 aliphatic carbocycles. The maximum absolute atomic E-state index is 13.2. The number of nitrogens with zero attached hydrogens (tertiary/aromatic N) is 2. The van der Waals surface area contributed by atoms with Crippen molar-refractivity contribution in [2.75, 3.05) is 5.73 Å². The quantitative estimate of drug-likeness (QED) is 0.758. The first-order valence-electron chi connectivity index (χ1n) is 7.16. The number of pyridine rings is 2. The first kappa shape index (κ1) is 15.4. The molecule has 0 fully saturated rings. The van der Waals surface area contributed by atoms with E-state index in [4.69, 9.17) is 5.73 Å². The molecule has 0 saturated heterocycles. The first-order chi connectivity index (χ1) is 11.5. The summed E-state index contributed by atoms with van der Waals surface area (Å²) in [7, 11) is 0. The van der Waals surface area contributed by atoms with Gasteiger partial charge in [0.05, 0.1) is 5.69 Å². The van der Waals surface area contributed by atoms with Gasteiger partial charge in [0.2, 0.25) is 5.56 Å². The Morgan fingerprint density at radius 1 is 1.17 bits per heavy atom. The second kappa shape index (κ2) is 5.97. The minimum atomic E-state index is -0.348. The molecule has 0 amide bonds. The highest BCUT2D eigenvalue weighted by Crippen LogP contribution is 2.35. The molecule has 3 rings (SSSR count). The molecule has 0 aliphatic rings. The van der Waals surface area contributed by atoms with E-state index in [2.05, 4.69) is 16.0 Å². The number of nitriles is 1. The van der Waals surface area contributed by atoms with Gasteiger partial charge in [-0.05, 0) is 48.4 Å². The van der Waals surface area contributed by atoms with Crippen LogP contribution in [0.1, 0.15) is 11.1 Å². The SMILES string of the molecule is Cc1c(-c2ccc(F)cc2)nc(N)c(C#N)c1-c1ccc(=O)[nH]c1. The number of anilines is 1. The average Bonchev–Trinajstić information content (AvgIpc) is 2.58. The van der Waals surface area contributed by atoms with Crippen LogP contribution >= 0.6 is 0 Å². The highest BCUT2D eigenvalue weighted by molar-refractivity contribution is 5.83. The Kier molecular flexibility index (Phi) is 3.84. The van der Waals surface area contributed by atoms with E-state index in [1.807, 2.05) is 6.92 Å². The van der Waals surface area contributed by atoms with E-state index in [-0.39, 0.29) is 22.8 Å². The fourth-order valence-electron chi connectivity index (χ4n) is 2.62. The normalized spacial score (nSPS) is 10.4. The zero-order valence-electron chi connectivity index (χ0n) is 12.8. The number of nitrogen functional groups attached to an aromatic ring is 1. The molecule has 6 heteroatoms. The van der Waals surface area contributed by atoms with Crippen molar-refractivity contribution in [3.63, 3.8) is 0 Å². The third-order valence-electron chi connectivity index (χ3n) is 3.77. The van der Waals surface area contributed by atoms with Gasteiger partial charge in [0.15, 0.2) is 0 Å². The summed E-state index contributed by atoms with van der Waals surface area (Å²) in [5.41, 5.74) is 9.18. The summed E-state index contributed by atoms with van der Waals surface area (Å²) < 4.78 is 13.2. The lowest BCUT2D eigenvalue weighted by atomic mass is 9.93. The number of rotatable bonds is 2. The lowest BCUT2D eigenvalue weighted by Gasteiger charge is -2.14. The maximum Gasteiger partial charge on any atom is 0.247 e. The van der Waals surface area contributed by atoms with Crippen molar-refractivity contribution in [1.29, 1.82) is 5.26 Å². The Balaban J connectivity index is 2.31. The number of benzene rings is 1. The second-order valence-corrected chi connectivity index (χ2v) is 5.28. The average molecular weight is 320 g/mol. The third-order valence-corrected chi connectivity index (χ3v) is 3.77. The van der Waals surface area contributed by atoms with Gasteiger partial charge in [0.25, 0.3) is 0 Å². The molecule has 0 spiro atoms. The molecule has 0 saturated carbocycles. The molecule has 3 aromatic rings. The van der Waals surface area contributed by atoms with Crippen LogP contribution in [-0.4, -0.2) is 9.97 Å². The van der Waals surface area contributed by atoms with E-state index in [0.29, 0.717) is 22.4 Å². The summed E-state index contributed by atoms with van der Waals surface area (Å²) in [4.78, 5) is 18.2. The predicted octanol–water partition coefficient (Wildman–Crippen LogP) is 3.01. The molecule has 5 nitrogen and oxygen atoms in total. The number of halogens is 1. The highest BCUT2D eigenvalue weighted by Gasteiger charge is 2.18. The van der Waals surface area contributed by atoms with E-state index in [1.165, 1.54) is 24.4 Å². The number of aromatic amines is 1. The standard InChI is InChI=1S/C18H13FN4O/c1-10-16(12-4-7-15(24)22-9-12)14(8-20)18(21)23-17(10)11-2-5-13(19)6-3-11/h2-7,9H,1H3,(H2,21,23)(H,22,24). The molecular weight excluding hydrogens is 307 g/mol. The molecule has 0 radical (unpaired) electrons. The van der Waals surface area contributed by atoms with Crippen LogP contribution in [0, 0.1) is 24.1 Å². The van der Waals surface area contributed by atoms with Crippen molar-refractivity contribution in [1.82, 2.24) is 9.97 Å². The van der Waals surface area contributed by atoms with Gasteiger partial charge in [-0.2, -0.15) is 5.26 Å². The molecule has 0 unspecified atom stereocenters. The Morgan fingerprint density at radius 2 is 1.83 bits per heavy atom. The molecule has 0 atom stereocenters. The second-order valence-electron chi connectivity index (χ2n) is 5.28. The zero-order valence-corrected chi connectivity index (χ0v) is 12.8. The Bertz CT molecular complexity index is 996. The lowest BCUT2D eigenvalue weighted by molar-refractivity contribution is 0.628. The van der Waals surface area contributed by atoms with Gasteiger partial charge in [-0.1, -0.05) is 0 Å². The van der Waals surface area contributed by atoms with Gasteiger partial charge in [-0.3, -0.25) is 4.79 Å². The highest BCUT2D eigenvalue weighted by atomic mass is 19.1. The van der Waals surface area contributed by atoms with E-state index >= 15 is 0 Å². The lowest BCUT2D eigenvalue weighted by Crippen LogP contribution is -2.06. The summed E-state index contributed by atoms with van der Waals surface area (Å²) in [5.74, 6) is -0.262. The third kappa shape index (κ3) is 2.63. The summed E-state index contributed by atoms with van der Waals surface area (Å²) in [5, 5.41) is 9.45. The molecule has 0 bridgehead atoms. The fraction of sp³-hybridized carbons (Fsp3) is 0.0556. The molecule has 2 aromatic heterocycles. The molecule has 2 heterocycles. The van der Waals surface area contributed by atoms with Gasteiger partial charge < -0.3 is 10.7 Å². The van der Waals surface area contributed by atoms with Gasteiger partial charge in [0.1, 0.15) is 23.3 Å². The fourth-order valence-corrected chi connectivity index (χ4v) is 2.62. The molecule has 1 aromatic carbocycles. The maximum atomic E-state index is 13.2. The largest absolute Gasteiger partial charge is 0.383 e. The van der Waals surface area contributed by atoms with Crippen molar-refractivity contribution in [2.24, 2.45) is 0 Å². The number of nitrogens with one attached hydrogen (secondary N) is 1. The Hall–Kier alpha value is -3.46. The number of hydrogen-bond donors (Lipinski definition) is 2. The van der Waals surface area contributed by atoms with Gasteiger partial charge in [0, 0.05) is 23.4 Å². The van der Waals surface area contributed by atoms with Crippen molar-refractivity contribution in [3.05, 3.63) is 69.9 Å². The van der Waals surface area contributed by atoms with Crippen LogP contribution in [0.15, 0.2) is 47.4 Å². The number of aromatic nitrogens is 2. The smallest absolute Gasteiger partial charge is 0.247 e. The number of H-pyrrole nitrogens is 1. The minimum absolute atomic E-state index is 0.0867. The van der Waals surface area contributed by atoms with Crippen LogP contribution in [0.25, 0.3) is 22.4 Å². The minimum Gasteiger partial charge on any atom is -0.383 e. The number of nitrogens with two attached hydrogens (primary N) is 1. The Morgan fingerprint density at radius 3 is 2.42 bits per heavy atom. The van der Waals surface area contributed by atoms with E-state index in [0.717, 1.165) is 5.56 Å². The van der Waals surface area contributed by atoms with E-state index in [1.54, 1.807) is 18.2 Å². The van der Waals surface area contributed by atoms with Crippen LogP contribution in [0.5, 0.6) is 0 Å². The topological polar surface area (TPSA) is 95.6 Å². The molecule has 118 valence electrons. The first-order valence-corrected chi connectivity index (χ1v) is 7.16. The van der Waals surface area contributed by atoms with E-state index in [9.17, 15) is 14.4 Å². The summed E-state index contributed by atoms with van der Waals surface area (Å²) in [6.07, 6.45) is 1.53. The Labute approximate surface area is 137 Å². The van der Waals surface area contributed by atoms with Crippen LogP contribution < -0.4 is 11.3 Å². The molecule has 3 N–H and O–H groups in total. The molecular formula is C18H13FN4O. The summed E-state index contributed by atoms with van der Waals surface area (Å²) in [6.45, 7) is 1.81. The molecule has 0 aliphatic heterocycles. The van der Waals surface area contributed by atoms with Crippen molar-refractivity contribution in [2.45, 2.75) is 6.92 Å². The van der Waals surface area contributed by atoms with Gasteiger partial charge in [-0.25, -0.2) is 9.37 Å². The monoisotopic (exact) mass is 320 g/mol. The molecule has 24 heavy (non-hydrogen) atoms. The number of hydrogen-bond acceptors (Lipinski definition) is 4. The predicted molar refractivity (Wildman–Crippen MR) is 89.6 cm³/mol. The van der Waals surface area contributed by atoms with Crippen LogP contribution in [0.4, 0.5) is 10.2 Å². The summed E-state index contributed by atoms with van der Waals surface area (Å²) in [6, 6.07) is 10.9. The van der Waals surface area contributed by atoms with Crippen LogP contribution in [0.2, 0.25) is 0 Å². The van der Waals surface area contributed by atoms with Crippen molar-refractivity contribution in [3.8, 4) is 28.5 Å². The van der Waals surface area contributed by atoms with Crippen LogP contribution in [-0.2, 0) is 0 Å².